The number of para-hydroxylation sites is 3. The van der Waals surface area contributed by atoms with E-state index in [2.05, 4.69) is 179 Å². The monoisotopic (exact) mass is 678 g/mol. The molecule has 3 aromatic heterocycles. The van der Waals surface area contributed by atoms with Crippen LogP contribution in [0.5, 0.6) is 0 Å². The highest BCUT2D eigenvalue weighted by molar-refractivity contribution is 6.11. The number of nitrogens with zero attached hydrogens (tertiary/aromatic N) is 2. The van der Waals surface area contributed by atoms with E-state index in [0.717, 1.165) is 40.5 Å². The van der Waals surface area contributed by atoms with E-state index in [1.54, 1.807) is 0 Å². The summed E-state index contributed by atoms with van der Waals surface area (Å²) in [7, 11) is 0. The van der Waals surface area contributed by atoms with Crippen LogP contribution < -0.4 is 10.6 Å². The molecule has 1 aliphatic rings. The fourth-order valence-electron chi connectivity index (χ4n) is 8.56. The third-order valence-corrected chi connectivity index (χ3v) is 11.0. The van der Waals surface area contributed by atoms with Gasteiger partial charge in [-0.1, -0.05) is 121 Å². The van der Waals surface area contributed by atoms with E-state index in [1.165, 1.54) is 71.2 Å². The summed E-state index contributed by atoms with van der Waals surface area (Å²) in [6.07, 6.45) is 8.96. The molecule has 0 atom stereocenters. The molecule has 11 rings (SSSR count). The minimum atomic E-state index is 0.854. The normalized spacial score (nSPS) is 14.8. The van der Waals surface area contributed by atoms with Gasteiger partial charge in [0.15, 0.2) is 0 Å². The Balaban J connectivity index is 1.01. The number of hydrogen-bond donors (Lipinski definition) is 0. The molecule has 1 aliphatic carbocycles. The molecule has 0 fully saturated rings. The van der Waals surface area contributed by atoms with E-state index in [9.17, 15) is 0 Å². The highest BCUT2D eigenvalue weighted by Gasteiger charge is 2.17. The first-order chi connectivity index (χ1) is 26.3. The number of rotatable bonds is 4. The Kier molecular flexibility index (Phi) is 6.68. The summed E-state index contributed by atoms with van der Waals surface area (Å²) in [5, 5.41) is 8.65. The standard InChI is InChI=1S/C50H34N2O/c1-2-11-33(12-3-1)35-21-25-37(26-22-35)51-45-17-7-4-14-39(45)41-28-23-34(13-10-19-47(41)51)36-24-29-48-43(31-36)40-15-5-8-18-46(40)52(48)38-27-30-50-44(32-38)42-16-6-9-20-49(42)53-50/h1-9,11-22,24-32H,10,23H2/b34-13+,41-28?,47-19+. The van der Waals surface area contributed by atoms with Gasteiger partial charge in [-0.15, -0.1) is 0 Å². The summed E-state index contributed by atoms with van der Waals surface area (Å²) >= 11 is 0. The van der Waals surface area contributed by atoms with E-state index in [0.29, 0.717) is 0 Å². The number of hydrogen-bond acceptors (Lipinski definition) is 1. The molecule has 3 nitrogen and oxygen atoms in total. The zero-order chi connectivity index (χ0) is 34.9. The SMILES string of the molecule is C1=c2/c(n(-c3ccc(-c4ccccc4)cc3)c3ccccc23)=C\C/C=C(/c2ccc3c(c2)c2ccccc2n3-c2ccc3oc4ccccc4c3c2)C1. The Morgan fingerprint density at radius 1 is 0.396 bits per heavy atom. The zero-order valence-electron chi connectivity index (χ0n) is 29.0. The van der Waals surface area contributed by atoms with Crippen LogP contribution in [0.25, 0.3) is 94.9 Å². The summed E-state index contributed by atoms with van der Waals surface area (Å²) in [4.78, 5) is 0. The Hall–Kier alpha value is -6.84. The summed E-state index contributed by atoms with van der Waals surface area (Å²) in [6.45, 7) is 0. The lowest BCUT2D eigenvalue weighted by atomic mass is 9.97. The molecule has 10 aromatic rings. The number of allylic oxidation sites excluding steroid dienone is 2. The van der Waals surface area contributed by atoms with Gasteiger partial charge in [-0.3, -0.25) is 0 Å². The van der Waals surface area contributed by atoms with E-state index < -0.39 is 0 Å². The largest absolute Gasteiger partial charge is 0.456 e. The fourth-order valence-corrected chi connectivity index (χ4v) is 8.56. The zero-order valence-corrected chi connectivity index (χ0v) is 29.0. The predicted molar refractivity (Wildman–Crippen MR) is 222 cm³/mol. The average Bonchev–Trinajstić information content (AvgIpc) is 3.85. The summed E-state index contributed by atoms with van der Waals surface area (Å²) < 4.78 is 11.0. The molecule has 3 heteroatoms. The van der Waals surface area contributed by atoms with Crippen LogP contribution in [0.2, 0.25) is 0 Å². The Labute approximate surface area is 306 Å². The number of fused-ring (bicyclic) bond motifs is 9. The topological polar surface area (TPSA) is 23.0 Å². The highest BCUT2D eigenvalue weighted by Crippen LogP contribution is 2.37. The number of benzene rings is 7. The molecule has 0 amide bonds. The summed E-state index contributed by atoms with van der Waals surface area (Å²) in [5.74, 6) is 0. The smallest absolute Gasteiger partial charge is 0.135 e. The van der Waals surface area contributed by atoms with Crippen LogP contribution in [-0.4, -0.2) is 9.13 Å². The Bertz CT molecular complexity index is 3210. The third-order valence-electron chi connectivity index (χ3n) is 11.0. The van der Waals surface area contributed by atoms with Crippen molar-refractivity contribution in [1.82, 2.24) is 9.13 Å². The Morgan fingerprint density at radius 2 is 1.04 bits per heavy atom. The average molecular weight is 679 g/mol. The van der Waals surface area contributed by atoms with E-state index >= 15 is 0 Å². The molecule has 3 heterocycles. The number of aromatic nitrogens is 2. The fraction of sp³-hybridized carbons (Fsp3) is 0.0400. The van der Waals surface area contributed by atoms with Gasteiger partial charge in [0.25, 0.3) is 0 Å². The predicted octanol–water partition coefficient (Wildman–Crippen LogP) is 11.7. The maximum atomic E-state index is 6.17. The maximum absolute atomic E-state index is 6.17. The van der Waals surface area contributed by atoms with Crippen LogP contribution in [0.3, 0.4) is 0 Å². The van der Waals surface area contributed by atoms with Crippen LogP contribution in [0, 0.1) is 0 Å². The second-order valence-electron chi connectivity index (χ2n) is 14.0. The molecular formula is C50H34N2O. The second kappa shape index (κ2) is 11.9. The van der Waals surface area contributed by atoms with Gasteiger partial charge in [-0.2, -0.15) is 0 Å². The minimum Gasteiger partial charge on any atom is -0.456 e. The minimum absolute atomic E-state index is 0.854. The molecule has 0 spiro atoms. The molecule has 0 saturated heterocycles. The lowest BCUT2D eigenvalue weighted by Crippen LogP contribution is -2.28. The second-order valence-corrected chi connectivity index (χ2v) is 14.0. The molecule has 7 aromatic carbocycles. The van der Waals surface area contributed by atoms with Gasteiger partial charge < -0.3 is 13.6 Å². The van der Waals surface area contributed by atoms with Crippen LogP contribution >= 0.6 is 0 Å². The highest BCUT2D eigenvalue weighted by atomic mass is 16.3. The third kappa shape index (κ3) is 4.74. The van der Waals surface area contributed by atoms with Crippen molar-refractivity contribution in [2.24, 2.45) is 0 Å². The van der Waals surface area contributed by atoms with E-state index in [-0.39, 0.29) is 0 Å². The molecule has 0 saturated carbocycles. The van der Waals surface area contributed by atoms with Gasteiger partial charge >= 0.3 is 0 Å². The maximum Gasteiger partial charge on any atom is 0.135 e. The molecule has 53 heavy (non-hydrogen) atoms. The van der Waals surface area contributed by atoms with E-state index in [4.69, 9.17) is 4.42 Å². The molecule has 0 N–H and O–H groups in total. The van der Waals surface area contributed by atoms with Crippen molar-refractivity contribution in [3.8, 4) is 22.5 Å². The van der Waals surface area contributed by atoms with Gasteiger partial charge in [0, 0.05) is 43.5 Å². The molecule has 250 valence electrons. The van der Waals surface area contributed by atoms with Crippen molar-refractivity contribution in [3.63, 3.8) is 0 Å². The van der Waals surface area contributed by atoms with Gasteiger partial charge in [0.05, 0.1) is 21.9 Å². The van der Waals surface area contributed by atoms with Crippen molar-refractivity contribution >= 4 is 72.4 Å². The first-order valence-electron chi connectivity index (χ1n) is 18.4. The van der Waals surface area contributed by atoms with Crippen LogP contribution in [0.15, 0.2) is 174 Å². The molecule has 0 radical (unpaired) electrons. The quantitative estimate of drug-likeness (QED) is 0.182. The van der Waals surface area contributed by atoms with Crippen molar-refractivity contribution in [1.29, 1.82) is 0 Å². The van der Waals surface area contributed by atoms with Crippen LogP contribution in [0.4, 0.5) is 0 Å². The van der Waals surface area contributed by atoms with Crippen molar-refractivity contribution < 1.29 is 4.42 Å². The van der Waals surface area contributed by atoms with Crippen molar-refractivity contribution in [2.75, 3.05) is 0 Å². The van der Waals surface area contributed by atoms with Crippen molar-refractivity contribution in [2.45, 2.75) is 12.8 Å². The summed E-state index contributed by atoms with van der Waals surface area (Å²) in [6, 6.07) is 59.0. The first kappa shape index (κ1) is 29.8. The van der Waals surface area contributed by atoms with Crippen molar-refractivity contribution in [3.05, 3.63) is 186 Å². The lowest BCUT2D eigenvalue weighted by Gasteiger charge is -2.11. The van der Waals surface area contributed by atoms with Gasteiger partial charge in [-0.05, 0) is 95.8 Å². The van der Waals surface area contributed by atoms with Crippen LogP contribution in [0.1, 0.15) is 18.4 Å². The number of furan rings is 1. The van der Waals surface area contributed by atoms with Crippen LogP contribution in [-0.2, 0) is 0 Å². The summed E-state index contributed by atoms with van der Waals surface area (Å²) in [5.41, 5.74) is 12.9. The lowest BCUT2D eigenvalue weighted by molar-refractivity contribution is 0.669. The Morgan fingerprint density at radius 3 is 1.89 bits per heavy atom. The van der Waals surface area contributed by atoms with Gasteiger partial charge in [0.2, 0.25) is 0 Å². The molecular weight excluding hydrogens is 645 g/mol. The molecule has 0 bridgehead atoms. The first-order valence-corrected chi connectivity index (χ1v) is 18.4. The van der Waals surface area contributed by atoms with Gasteiger partial charge in [-0.25, -0.2) is 0 Å². The van der Waals surface area contributed by atoms with Gasteiger partial charge in [0.1, 0.15) is 11.2 Å². The van der Waals surface area contributed by atoms with E-state index in [1.807, 2.05) is 12.1 Å². The molecule has 0 unspecified atom stereocenters. The molecule has 0 aliphatic heterocycles.